The van der Waals surface area contributed by atoms with Crippen molar-refractivity contribution in [1.29, 1.82) is 0 Å². The van der Waals surface area contributed by atoms with Gasteiger partial charge in [-0.3, -0.25) is 4.79 Å². The molecule has 106 valence electrons. The largest absolute Gasteiger partial charge is 0.376 e. The van der Waals surface area contributed by atoms with Crippen LogP contribution in [0.2, 0.25) is 0 Å². The van der Waals surface area contributed by atoms with Crippen LogP contribution in [0.5, 0.6) is 0 Å². The average molecular weight is 279 g/mol. The number of anilines is 1. The third kappa shape index (κ3) is 2.68. The summed E-state index contributed by atoms with van der Waals surface area (Å²) in [4.78, 5) is 18.7. The molecule has 1 heterocycles. The Morgan fingerprint density at radius 1 is 1.30 bits per heavy atom. The lowest BCUT2D eigenvalue weighted by molar-refractivity contribution is 0.510. The van der Waals surface area contributed by atoms with Gasteiger partial charge in [-0.25, -0.2) is 13.8 Å². The number of benzene rings is 1. The van der Waals surface area contributed by atoms with Gasteiger partial charge in [0.15, 0.2) is 11.6 Å². The first-order valence-electron chi connectivity index (χ1n) is 6.18. The highest BCUT2D eigenvalue weighted by atomic mass is 19.2. The third-order valence-corrected chi connectivity index (χ3v) is 3.02. The molecule has 2 aromatic rings. The van der Waals surface area contributed by atoms with E-state index in [9.17, 15) is 13.6 Å². The lowest BCUT2D eigenvalue weighted by Gasteiger charge is -2.17. The molecule has 0 radical (unpaired) electrons. The average Bonchev–Trinajstić information content (AvgIpc) is 2.33. The van der Waals surface area contributed by atoms with Crippen molar-refractivity contribution in [1.82, 2.24) is 9.97 Å². The van der Waals surface area contributed by atoms with Crippen molar-refractivity contribution >= 4 is 5.69 Å². The minimum Gasteiger partial charge on any atom is -0.376 e. The van der Waals surface area contributed by atoms with E-state index in [-0.39, 0.29) is 11.2 Å². The Kier molecular flexibility index (Phi) is 3.83. The second-order valence-corrected chi connectivity index (χ2v) is 4.62. The summed E-state index contributed by atoms with van der Waals surface area (Å²) in [5, 5.41) is 2.79. The van der Waals surface area contributed by atoms with Crippen LogP contribution < -0.4 is 10.9 Å². The van der Waals surface area contributed by atoms with E-state index in [4.69, 9.17) is 0 Å². The zero-order chi connectivity index (χ0) is 14.9. The van der Waals surface area contributed by atoms with E-state index < -0.39 is 17.7 Å². The van der Waals surface area contributed by atoms with Crippen LogP contribution in [-0.2, 0) is 0 Å². The zero-order valence-electron chi connectivity index (χ0n) is 11.4. The summed E-state index contributed by atoms with van der Waals surface area (Å²) in [7, 11) is 0. The molecule has 0 aliphatic rings. The van der Waals surface area contributed by atoms with Gasteiger partial charge in [0.25, 0.3) is 5.56 Å². The molecule has 1 unspecified atom stereocenters. The van der Waals surface area contributed by atoms with E-state index in [1.165, 1.54) is 12.1 Å². The van der Waals surface area contributed by atoms with Crippen LogP contribution in [0.3, 0.4) is 0 Å². The Bertz CT molecular complexity index is 697. The number of halogens is 2. The summed E-state index contributed by atoms with van der Waals surface area (Å²) in [6.07, 6.45) is 0. The van der Waals surface area contributed by atoms with Gasteiger partial charge in [0.1, 0.15) is 5.82 Å². The van der Waals surface area contributed by atoms with Crippen molar-refractivity contribution in [3.63, 3.8) is 0 Å². The molecule has 0 bridgehead atoms. The number of H-pyrrole nitrogens is 1. The Labute approximate surface area is 114 Å². The van der Waals surface area contributed by atoms with Crippen LogP contribution in [0.15, 0.2) is 23.0 Å². The first-order chi connectivity index (χ1) is 9.40. The van der Waals surface area contributed by atoms with Gasteiger partial charge in [-0.15, -0.1) is 0 Å². The van der Waals surface area contributed by atoms with E-state index in [1.807, 2.05) is 0 Å². The van der Waals surface area contributed by atoms with Crippen molar-refractivity contribution < 1.29 is 8.78 Å². The smallest absolute Gasteiger partial charge is 0.256 e. The number of nitrogens with zero attached hydrogens (tertiary/aromatic N) is 1. The van der Waals surface area contributed by atoms with Gasteiger partial charge in [0.05, 0.1) is 23.0 Å². The molecule has 0 aliphatic heterocycles. The predicted molar refractivity (Wildman–Crippen MR) is 72.7 cm³/mol. The van der Waals surface area contributed by atoms with Crippen molar-refractivity contribution in [3.8, 4) is 0 Å². The lowest BCUT2D eigenvalue weighted by atomic mass is 10.1. The van der Waals surface area contributed by atoms with Gasteiger partial charge in [0.2, 0.25) is 0 Å². The maximum atomic E-state index is 13.6. The topological polar surface area (TPSA) is 57.8 Å². The quantitative estimate of drug-likeness (QED) is 0.908. The highest BCUT2D eigenvalue weighted by Gasteiger charge is 2.17. The van der Waals surface area contributed by atoms with E-state index in [1.54, 1.807) is 20.8 Å². The molecule has 1 aromatic carbocycles. The molecular formula is C14H15F2N3O. The van der Waals surface area contributed by atoms with Crippen molar-refractivity contribution in [2.75, 3.05) is 5.32 Å². The highest BCUT2D eigenvalue weighted by molar-refractivity contribution is 5.47. The molecule has 20 heavy (non-hydrogen) atoms. The van der Waals surface area contributed by atoms with Crippen molar-refractivity contribution in [2.45, 2.75) is 26.8 Å². The van der Waals surface area contributed by atoms with Crippen LogP contribution in [0.4, 0.5) is 14.5 Å². The van der Waals surface area contributed by atoms with Gasteiger partial charge in [-0.05, 0) is 32.9 Å². The van der Waals surface area contributed by atoms with Crippen molar-refractivity contribution in [3.05, 3.63) is 57.3 Å². The van der Waals surface area contributed by atoms with Crippen LogP contribution in [0.1, 0.15) is 30.0 Å². The molecule has 0 fully saturated rings. The van der Waals surface area contributed by atoms with Gasteiger partial charge >= 0.3 is 0 Å². The number of aromatic amines is 1. The summed E-state index contributed by atoms with van der Waals surface area (Å²) in [5.41, 5.74) is 0.686. The lowest BCUT2D eigenvalue weighted by Crippen LogP contribution is -2.23. The van der Waals surface area contributed by atoms with Crippen molar-refractivity contribution in [2.24, 2.45) is 0 Å². The molecule has 1 aromatic heterocycles. The van der Waals surface area contributed by atoms with Crippen LogP contribution in [0, 0.1) is 25.5 Å². The Balaban J connectivity index is 2.36. The summed E-state index contributed by atoms with van der Waals surface area (Å²) < 4.78 is 26.8. The maximum Gasteiger partial charge on any atom is 0.256 e. The Morgan fingerprint density at radius 3 is 2.65 bits per heavy atom. The number of nitrogens with one attached hydrogen (secondary N) is 2. The summed E-state index contributed by atoms with van der Waals surface area (Å²) in [6, 6.07) is 3.36. The fourth-order valence-corrected chi connectivity index (χ4v) is 2.17. The summed E-state index contributed by atoms with van der Waals surface area (Å²) in [6.45, 7) is 5.08. The molecule has 4 nitrogen and oxygen atoms in total. The molecular weight excluding hydrogens is 264 g/mol. The molecule has 0 saturated heterocycles. The molecule has 2 N–H and O–H groups in total. The van der Waals surface area contributed by atoms with Gasteiger partial charge in [-0.1, -0.05) is 6.07 Å². The highest BCUT2D eigenvalue weighted by Crippen LogP contribution is 2.22. The fraction of sp³-hybridized carbons (Fsp3) is 0.286. The first-order valence-corrected chi connectivity index (χ1v) is 6.18. The summed E-state index contributed by atoms with van der Waals surface area (Å²) in [5.74, 6) is -1.39. The zero-order valence-corrected chi connectivity index (χ0v) is 11.4. The van der Waals surface area contributed by atoms with Gasteiger partial charge in [0, 0.05) is 0 Å². The number of hydrogen-bond acceptors (Lipinski definition) is 3. The Hall–Kier alpha value is -2.24. The number of rotatable bonds is 3. The number of aryl methyl sites for hydroxylation is 2. The van der Waals surface area contributed by atoms with E-state index >= 15 is 0 Å². The molecule has 0 saturated carbocycles. The number of aromatic nitrogens is 2. The molecule has 0 aliphatic carbocycles. The second kappa shape index (κ2) is 5.40. The first kappa shape index (κ1) is 14.2. The third-order valence-electron chi connectivity index (χ3n) is 3.02. The van der Waals surface area contributed by atoms with Gasteiger partial charge in [-0.2, -0.15) is 0 Å². The predicted octanol–water partition coefficient (Wildman–Crippen LogP) is 2.84. The molecule has 1 atom stereocenters. The molecule has 6 heteroatoms. The maximum absolute atomic E-state index is 13.6. The molecule has 0 amide bonds. The molecule has 0 spiro atoms. The van der Waals surface area contributed by atoms with E-state index in [2.05, 4.69) is 15.3 Å². The Morgan fingerprint density at radius 2 is 2.00 bits per heavy atom. The monoisotopic (exact) mass is 279 g/mol. The van der Waals surface area contributed by atoms with Gasteiger partial charge < -0.3 is 10.3 Å². The van der Waals surface area contributed by atoms with E-state index in [0.717, 1.165) is 6.07 Å². The van der Waals surface area contributed by atoms with E-state index in [0.29, 0.717) is 17.1 Å². The summed E-state index contributed by atoms with van der Waals surface area (Å²) >= 11 is 0. The van der Waals surface area contributed by atoms with Crippen LogP contribution in [-0.4, -0.2) is 9.97 Å². The minimum atomic E-state index is -0.964. The normalized spacial score (nSPS) is 12.2. The molecule has 2 rings (SSSR count). The van der Waals surface area contributed by atoms with Crippen LogP contribution in [0.25, 0.3) is 0 Å². The fourth-order valence-electron chi connectivity index (χ4n) is 2.17. The minimum absolute atomic E-state index is 0.0110. The second-order valence-electron chi connectivity index (χ2n) is 4.62. The number of hydrogen-bond donors (Lipinski definition) is 2. The van der Waals surface area contributed by atoms with Crippen LogP contribution >= 0.6 is 0 Å². The SMILES string of the molecule is Cc1nc(C)c(C(C)Nc2cccc(F)c2F)c(=O)[nH]1. The standard InChI is InChI=1S/C14H15F2N3O/c1-7-12(14(20)19-9(3)17-7)8(2)18-11-6-4-5-10(15)13(11)16/h4-6,8,18H,1-3H3,(H,17,19,20).